The second-order valence-corrected chi connectivity index (χ2v) is 4.86. The Morgan fingerprint density at radius 2 is 2.10 bits per heavy atom. The van der Waals surface area contributed by atoms with Gasteiger partial charge in [0.05, 0.1) is 6.54 Å². The zero-order valence-electron chi connectivity index (χ0n) is 10.9. The predicted octanol–water partition coefficient (Wildman–Crippen LogP) is 0.534. The zero-order chi connectivity index (χ0) is 15.7. The number of nitrogens with zero attached hydrogens (tertiary/aromatic N) is 4. The SMILES string of the molecule is O=C(CCn1cncn1)N1CCC(C(=O)O)(C(F)(F)F)C1. The number of likely N-dealkylation sites (tertiary alicyclic amines) is 1. The smallest absolute Gasteiger partial charge is 0.406 e. The lowest BCUT2D eigenvalue weighted by Crippen LogP contribution is -2.47. The summed E-state index contributed by atoms with van der Waals surface area (Å²) in [5.74, 6) is -2.47. The maximum absolute atomic E-state index is 13.0. The van der Waals surface area contributed by atoms with Gasteiger partial charge in [-0.25, -0.2) is 4.98 Å². The fourth-order valence-electron chi connectivity index (χ4n) is 2.27. The van der Waals surface area contributed by atoms with Gasteiger partial charge in [-0.2, -0.15) is 18.3 Å². The standard InChI is InChI=1S/C11H13F3N4O3/c12-11(13,14)10(9(20)21)2-4-17(5-10)8(19)1-3-18-7-15-6-16-18/h6-7H,1-5H2,(H,20,21). The first-order valence-electron chi connectivity index (χ1n) is 6.16. The highest BCUT2D eigenvalue weighted by molar-refractivity contribution is 5.81. The molecule has 0 aliphatic carbocycles. The molecule has 1 fully saturated rings. The third-order valence-corrected chi connectivity index (χ3v) is 3.60. The Labute approximate surface area is 117 Å². The molecule has 0 aromatic carbocycles. The van der Waals surface area contributed by atoms with Gasteiger partial charge in [0, 0.05) is 19.5 Å². The molecule has 2 heterocycles. The summed E-state index contributed by atoms with van der Waals surface area (Å²) in [6.07, 6.45) is -2.91. The van der Waals surface area contributed by atoms with E-state index >= 15 is 0 Å². The fourth-order valence-corrected chi connectivity index (χ4v) is 2.27. The summed E-state index contributed by atoms with van der Waals surface area (Å²) in [4.78, 5) is 27.5. The van der Waals surface area contributed by atoms with E-state index in [0.29, 0.717) is 0 Å². The van der Waals surface area contributed by atoms with Crippen LogP contribution >= 0.6 is 0 Å². The Morgan fingerprint density at radius 1 is 1.38 bits per heavy atom. The van der Waals surface area contributed by atoms with Gasteiger partial charge in [0.1, 0.15) is 12.7 Å². The van der Waals surface area contributed by atoms with Crippen molar-refractivity contribution in [1.29, 1.82) is 0 Å². The molecule has 1 N–H and O–H groups in total. The van der Waals surface area contributed by atoms with Crippen molar-refractivity contribution in [1.82, 2.24) is 19.7 Å². The molecule has 0 saturated carbocycles. The van der Waals surface area contributed by atoms with Crippen molar-refractivity contribution in [3.05, 3.63) is 12.7 Å². The van der Waals surface area contributed by atoms with Crippen LogP contribution in [0.4, 0.5) is 13.2 Å². The topological polar surface area (TPSA) is 88.3 Å². The number of aromatic nitrogens is 3. The summed E-state index contributed by atoms with van der Waals surface area (Å²) in [6.45, 7) is -0.883. The van der Waals surface area contributed by atoms with Crippen molar-refractivity contribution >= 4 is 11.9 Å². The van der Waals surface area contributed by atoms with Gasteiger partial charge < -0.3 is 10.0 Å². The molecule has 1 amide bonds. The van der Waals surface area contributed by atoms with Gasteiger partial charge in [0.15, 0.2) is 5.41 Å². The molecule has 1 aromatic heterocycles. The van der Waals surface area contributed by atoms with Gasteiger partial charge in [-0.3, -0.25) is 14.3 Å². The number of alkyl halides is 3. The molecule has 21 heavy (non-hydrogen) atoms. The summed E-state index contributed by atoms with van der Waals surface area (Å²) >= 11 is 0. The molecule has 7 nitrogen and oxygen atoms in total. The van der Waals surface area contributed by atoms with Gasteiger partial charge in [-0.15, -0.1) is 0 Å². The van der Waals surface area contributed by atoms with Crippen LogP contribution in [0.5, 0.6) is 0 Å². The Kier molecular flexibility index (Phi) is 3.88. The van der Waals surface area contributed by atoms with Gasteiger partial charge >= 0.3 is 12.1 Å². The third kappa shape index (κ3) is 2.83. The minimum atomic E-state index is -4.89. The molecule has 1 unspecified atom stereocenters. The van der Waals surface area contributed by atoms with Gasteiger partial charge in [-0.05, 0) is 6.42 Å². The maximum atomic E-state index is 13.0. The number of hydrogen-bond acceptors (Lipinski definition) is 4. The minimum absolute atomic E-state index is 0.0586. The lowest BCUT2D eigenvalue weighted by molar-refractivity contribution is -0.227. The Balaban J connectivity index is 2.00. The molecule has 1 aliphatic rings. The van der Waals surface area contributed by atoms with E-state index in [0.717, 1.165) is 4.90 Å². The summed E-state index contributed by atoms with van der Waals surface area (Å²) in [5.41, 5.74) is -2.87. The molecule has 2 rings (SSSR count). The highest BCUT2D eigenvalue weighted by Gasteiger charge is 2.64. The highest BCUT2D eigenvalue weighted by Crippen LogP contribution is 2.45. The van der Waals surface area contributed by atoms with E-state index in [4.69, 9.17) is 5.11 Å². The number of rotatable bonds is 4. The number of carboxylic acid groups (broad SMARTS) is 1. The normalized spacial score (nSPS) is 22.5. The summed E-state index contributed by atoms with van der Waals surface area (Å²) < 4.78 is 40.3. The van der Waals surface area contributed by atoms with E-state index in [1.165, 1.54) is 17.3 Å². The van der Waals surface area contributed by atoms with Crippen LogP contribution in [0.3, 0.4) is 0 Å². The molecule has 10 heteroatoms. The van der Waals surface area contributed by atoms with Gasteiger partial charge in [0.2, 0.25) is 5.91 Å². The Hall–Kier alpha value is -2.13. The van der Waals surface area contributed by atoms with Crippen molar-refractivity contribution in [3.8, 4) is 0 Å². The number of amides is 1. The number of aryl methyl sites for hydroxylation is 1. The predicted molar refractivity (Wildman–Crippen MR) is 62.0 cm³/mol. The number of halogens is 3. The van der Waals surface area contributed by atoms with E-state index in [-0.39, 0.29) is 19.5 Å². The number of carboxylic acids is 1. The second-order valence-electron chi connectivity index (χ2n) is 4.86. The van der Waals surface area contributed by atoms with Crippen molar-refractivity contribution < 1.29 is 27.9 Å². The zero-order valence-corrected chi connectivity index (χ0v) is 10.9. The number of hydrogen-bond donors (Lipinski definition) is 1. The number of carbonyl (C=O) groups excluding carboxylic acids is 1. The quantitative estimate of drug-likeness (QED) is 0.877. The Bertz CT molecular complexity index is 531. The Morgan fingerprint density at radius 3 is 2.57 bits per heavy atom. The van der Waals surface area contributed by atoms with Crippen LogP contribution in [-0.2, 0) is 16.1 Å². The molecule has 1 saturated heterocycles. The van der Waals surface area contributed by atoms with Crippen molar-refractivity contribution in [3.63, 3.8) is 0 Å². The molecule has 0 spiro atoms. The van der Waals surface area contributed by atoms with Crippen molar-refractivity contribution in [2.24, 2.45) is 5.41 Å². The lowest BCUT2D eigenvalue weighted by atomic mass is 9.86. The molecule has 0 radical (unpaired) electrons. The number of aliphatic carboxylic acids is 1. The molecule has 1 aromatic rings. The molecule has 0 bridgehead atoms. The second kappa shape index (κ2) is 5.34. The lowest BCUT2D eigenvalue weighted by Gasteiger charge is -2.27. The van der Waals surface area contributed by atoms with Crippen LogP contribution in [-0.4, -0.2) is 55.9 Å². The summed E-state index contributed by atoms with van der Waals surface area (Å²) in [6, 6.07) is 0. The first kappa shape index (κ1) is 15.3. The molecular weight excluding hydrogens is 293 g/mol. The fraction of sp³-hybridized carbons (Fsp3) is 0.636. The van der Waals surface area contributed by atoms with Crippen LogP contribution in [0, 0.1) is 5.41 Å². The van der Waals surface area contributed by atoms with Crippen molar-refractivity contribution in [2.75, 3.05) is 13.1 Å². The van der Waals surface area contributed by atoms with Crippen LogP contribution in [0.2, 0.25) is 0 Å². The molecule has 1 atom stereocenters. The molecule has 1 aliphatic heterocycles. The maximum Gasteiger partial charge on any atom is 0.406 e. The summed E-state index contributed by atoms with van der Waals surface area (Å²) in [7, 11) is 0. The van der Waals surface area contributed by atoms with E-state index in [2.05, 4.69) is 10.1 Å². The molecule has 116 valence electrons. The van der Waals surface area contributed by atoms with E-state index in [1.54, 1.807) is 0 Å². The average molecular weight is 306 g/mol. The minimum Gasteiger partial charge on any atom is -0.481 e. The van der Waals surface area contributed by atoms with Crippen LogP contribution < -0.4 is 0 Å². The van der Waals surface area contributed by atoms with Crippen LogP contribution in [0.15, 0.2) is 12.7 Å². The van der Waals surface area contributed by atoms with Crippen LogP contribution in [0.1, 0.15) is 12.8 Å². The monoisotopic (exact) mass is 306 g/mol. The molecular formula is C11H13F3N4O3. The van der Waals surface area contributed by atoms with E-state index in [9.17, 15) is 22.8 Å². The van der Waals surface area contributed by atoms with Gasteiger partial charge in [-0.1, -0.05) is 0 Å². The van der Waals surface area contributed by atoms with E-state index in [1.807, 2.05) is 0 Å². The average Bonchev–Trinajstić information content (AvgIpc) is 3.04. The largest absolute Gasteiger partial charge is 0.481 e. The highest BCUT2D eigenvalue weighted by atomic mass is 19.4. The third-order valence-electron chi connectivity index (χ3n) is 3.60. The summed E-state index contributed by atoms with van der Waals surface area (Å²) in [5, 5.41) is 12.7. The number of carbonyl (C=O) groups is 2. The van der Waals surface area contributed by atoms with Gasteiger partial charge in [0.25, 0.3) is 0 Å². The van der Waals surface area contributed by atoms with Crippen molar-refractivity contribution in [2.45, 2.75) is 25.6 Å². The van der Waals surface area contributed by atoms with E-state index < -0.39 is 36.4 Å². The first-order valence-corrected chi connectivity index (χ1v) is 6.16. The van der Waals surface area contributed by atoms with Crippen LogP contribution in [0.25, 0.3) is 0 Å². The first-order chi connectivity index (χ1) is 9.76.